The van der Waals surface area contributed by atoms with Gasteiger partial charge in [-0.2, -0.15) is 0 Å². The molecule has 0 amide bonds. The lowest BCUT2D eigenvalue weighted by atomic mass is 10.4. The lowest BCUT2D eigenvalue weighted by Crippen LogP contribution is -2.18. The van der Waals surface area contributed by atoms with Crippen molar-refractivity contribution in [3.63, 3.8) is 0 Å². The van der Waals surface area contributed by atoms with E-state index in [-0.39, 0.29) is 12.5 Å². The third kappa shape index (κ3) is 3.45. The largest absolute Gasteiger partial charge is 0.460 e. The van der Waals surface area contributed by atoms with Crippen molar-refractivity contribution in [2.24, 2.45) is 0 Å². The molecule has 0 N–H and O–H groups in total. The molecule has 0 aromatic rings. The van der Waals surface area contributed by atoms with E-state index in [1.165, 1.54) is 0 Å². The molecule has 0 aliphatic heterocycles. The van der Waals surface area contributed by atoms with Crippen LogP contribution in [0.2, 0.25) is 0 Å². The Bertz CT molecular complexity index is 133. The summed E-state index contributed by atoms with van der Waals surface area (Å²) in [5, 5.41) is 0. The molecule has 0 radical (unpaired) electrons. The summed E-state index contributed by atoms with van der Waals surface area (Å²) in [6, 6.07) is 0. The van der Waals surface area contributed by atoms with Gasteiger partial charge in [0.25, 0.3) is 5.78 Å². The maximum atomic E-state index is 10.5. The Morgan fingerprint density at radius 1 is 1.50 bits per heavy atom. The Balaban J connectivity index is 3.52. The standard InChI is InChI=1S/C6H9ClO3/c1-2-3-10-6(9)5(8)4-7/h2-4H2,1H3. The number of alkyl halides is 1. The van der Waals surface area contributed by atoms with Crippen molar-refractivity contribution in [1.29, 1.82) is 0 Å². The van der Waals surface area contributed by atoms with Crippen LogP contribution in [0.25, 0.3) is 0 Å². The van der Waals surface area contributed by atoms with Gasteiger partial charge in [0.15, 0.2) is 0 Å². The Morgan fingerprint density at radius 2 is 2.10 bits per heavy atom. The van der Waals surface area contributed by atoms with Gasteiger partial charge in [-0.3, -0.25) is 4.79 Å². The summed E-state index contributed by atoms with van der Waals surface area (Å²) in [7, 11) is 0. The van der Waals surface area contributed by atoms with Gasteiger partial charge in [0.05, 0.1) is 12.5 Å². The molecular weight excluding hydrogens is 156 g/mol. The first-order chi connectivity index (χ1) is 4.72. The summed E-state index contributed by atoms with van der Waals surface area (Å²) in [5.74, 6) is -1.82. The molecule has 10 heavy (non-hydrogen) atoms. The number of hydrogen-bond acceptors (Lipinski definition) is 3. The molecule has 0 unspecified atom stereocenters. The molecule has 0 aromatic carbocycles. The van der Waals surface area contributed by atoms with Crippen molar-refractivity contribution in [3.05, 3.63) is 0 Å². The van der Waals surface area contributed by atoms with E-state index in [1.54, 1.807) is 0 Å². The van der Waals surface area contributed by atoms with Crippen molar-refractivity contribution >= 4 is 23.4 Å². The first-order valence-electron chi connectivity index (χ1n) is 2.98. The second-order valence-corrected chi connectivity index (χ2v) is 1.96. The fraction of sp³-hybridized carbons (Fsp3) is 0.667. The molecular formula is C6H9ClO3. The molecule has 0 saturated carbocycles. The smallest absolute Gasteiger partial charge is 0.375 e. The number of carbonyl (C=O) groups excluding carboxylic acids is 2. The lowest BCUT2D eigenvalue weighted by Gasteiger charge is -1.97. The van der Waals surface area contributed by atoms with E-state index in [2.05, 4.69) is 4.74 Å². The van der Waals surface area contributed by atoms with Gasteiger partial charge in [-0.05, 0) is 6.42 Å². The highest BCUT2D eigenvalue weighted by molar-refractivity contribution is 6.45. The minimum absolute atomic E-state index is 0.279. The van der Waals surface area contributed by atoms with Gasteiger partial charge in [0, 0.05) is 0 Å². The maximum Gasteiger partial charge on any atom is 0.375 e. The van der Waals surface area contributed by atoms with Gasteiger partial charge in [-0.15, -0.1) is 11.6 Å². The van der Waals surface area contributed by atoms with E-state index in [0.29, 0.717) is 6.42 Å². The number of halogens is 1. The zero-order valence-corrected chi connectivity index (χ0v) is 6.48. The Hall–Kier alpha value is -0.570. The molecule has 0 spiro atoms. The van der Waals surface area contributed by atoms with Crippen LogP contribution in [0.4, 0.5) is 0 Å². The predicted molar refractivity (Wildman–Crippen MR) is 37.0 cm³/mol. The Labute approximate surface area is 64.3 Å². The third-order valence-electron chi connectivity index (χ3n) is 0.786. The average Bonchev–Trinajstić information content (AvgIpc) is 1.98. The van der Waals surface area contributed by atoms with Crippen molar-refractivity contribution in [1.82, 2.24) is 0 Å². The summed E-state index contributed by atoms with van der Waals surface area (Å²) >= 11 is 5.08. The SMILES string of the molecule is CCCOC(=O)C(=O)CCl. The molecule has 0 rings (SSSR count). The van der Waals surface area contributed by atoms with Gasteiger partial charge in [0.2, 0.25) is 0 Å². The van der Waals surface area contributed by atoms with E-state index in [1.807, 2.05) is 6.92 Å². The van der Waals surface area contributed by atoms with E-state index in [9.17, 15) is 9.59 Å². The van der Waals surface area contributed by atoms with E-state index in [0.717, 1.165) is 0 Å². The van der Waals surface area contributed by atoms with Gasteiger partial charge < -0.3 is 4.74 Å². The molecule has 0 saturated heterocycles. The van der Waals surface area contributed by atoms with Crippen molar-refractivity contribution in [2.75, 3.05) is 12.5 Å². The van der Waals surface area contributed by atoms with Gasteiger partial charge in [0.1, 0.15) is 0 Å². The molecule has 58 valence electrons. The van der Waals surface area contributed by atoms with Gasteiger partial charge >= 0.3 is 5.97 Å². The molecule has 0 atom stereocenters. The number of Topliss-reactive ketones (excluding diaryl/α,β-unsaturated/α-hetero) is 1. The van der Waals surface area contributed by atoms with Crippen LogP contribution in [0.3, 0.4) is 0 Å². The van der Waals surface area contributed by atoms with E-state index >= 15 is 0 Å². The highest BCUT2D eigenvalue weighted by Gasteiger charge is 2.12. The molecule has 0 aliphatic carbocycles. The van der Waals surface area contributed by atoms with Crippen LogP contribution in [0.5, 0.6) is 0 Å². The number of esters is 1. The quantitative estimate of drug-likeness (QED) is 0.350. The highest BCUT2D eigenvalue weighted by atomic mass is 35.5. The topological polar surface area (TPSA) is 43.4 Å². The van der Waals surface area contributed by atoms with Crippen LogP contribution in [0, 0.1) is 0 Å². The predicted octanol–water partition coefficient (Wildman–Crippen LogP) is 0.748. The van der Waals surface area contributed by atoms with Gasteiger partial charge in [-0.1, -0.05) is 6.92 Å². The maximum absolute atomic E-state index is 10.5. The number of ketones is 1. The molecule has 4 heteroatoms. The summed E-state index contributed by atoms with van der Waals surface area (Å²) in [4.78, 5) is 20.9. The fourth-order valence-corrected chi connectivity index (χ4v) is 0.439. The minimum Gasteiger partial charge on any atom is -0.460 e. The number of rotatable bonds is 4. The number of carbonyl (C=O) groups is 2. The summed E-state index contributed by atoms with van der Waals surface area (Å²) in [6.45, 7) is 2.12. The number of ether oxygens (including phenoxy) is 1. The van der Waals surface area contributed by atoms with Crippen LogP contribution in [-0.4, -0.2) is 24.2 Å². The summed E-state index contributed by atoms with van der Waals surface area (Å²) in [6.07, 6.45) is 0.710. The van der Waals surface area contributed by atoms with Crippen molar-refractivity contribution in [2.45, 2.75) is 13.3 Å². The minimum atomic E-state index is -0.836. The molecule has 0 heterocycles. The van der Waals surface area contributed by atoms with Crippen LogP contribution in [0.15, 0.2) is 0 Å². The highest BCUT2D eigenvalue weighted by Crippen LogP contribution is 1.86. The van der Waals surface area contributed by atoms with Crippen LogP contribution in [0.1, 0.15) is 13.3 Å². The number of hydrogen-bond donors (Lipinski definition) is 0. The van der Waals surface area contributed by atoms with Crippen LogP contribution >= 0.6 is 11.6 Å². The molecule has 0 aromatic heterocycles. The summed E-state index contributed by atoms with van der Waals surface area (Å²) < 4.78 is 4.47. The Kier molecular flexibility index (Phi) is 4.94. The lowest BCUT2D eigenvalue weighted by molar-refractivity contribution is -0.152. The summed E-state index contributed by atoms with van der Waals surface area (Å²) in [5.41, 5.74) is 0. The second kappa shape index (κ2) is 5.23. The first kappa shape index (κ1) is 9.43. The van der Waals surface area contributed by atoms with Crippen molar-refractivity contribution < 1.29 is 14.3 Å². The molecule has 0 bridgehead atoms. The van der Waals surface area contributed by atoms with Crippen molar-refractivity contribution in [3.8, 4) is 0 Å². The zero-order valence-electron chi connectivity index (χ0n) is 5.72. The fourth-order valence-electron chi connectivity index (χ4n) is 0.330. The Morgan fingerprint density at radius 3 is 2.50 bits per heavy atom. The average molecular weight is 165 g/mol. The van der Waals surface area contributed by atoms with E-state index in [4.69, 9.17) is 11.6 Å². The van der Waals surface area contributed by atoms with Gasteiger partial charge in [-0.25, -0.2) is 4.79 Å². The molecule has 0 fully saturated rings. The van der Waals surface area contributed by atoms with Crippen LogP contribution < -0.4 is 0 Å². The third-order valence-corrected chi connectivity index (χ3v) is 1.03. The molecule has 3 nitrogen and oxygen atoms in total. The normalized spacial score (nSPS) is 9.00. The zero-order chi connectivity index (χ0) is 7.98. The van der Waals surface area contributed by atoms with E-state index < -0.39 is 11.8 Å². The van der Waals surface area contributed by atoms with Crippen LogP contribution in [-0.2, 0) is 14.3 Å². The molecule has 0 aliphatic rings. The second-order valence-electron chi connectivity index (χ2n) is 1.69. The first-order valence-corrected chi connectivity index (χ1v) is 3.51. The monoisotopic (exact) mass is 164 g/mol.